The molecule has 0 fully saturated rings. The van der Waals surface area contributed by atoms with Crippen LogP contribution in [0.15, 0.2) is 48.5 Å². The van der Waals surface area contributed by atoms with Crippen LogP contribution in [-0.4, -0.2) is 0 Å². The lowest BCUT2D eigenvalue weighted by Crippen LogP contribution is -1.99. The van der Waals surface area contributed by atoms with E-state index in [1.54, 1.807) is 0 Å². The van der Waals surface area contributed by atoms with Crippen molar-refractivity contribution >= 4 is 5.69 Å². The van der Waals surface area contributed by atoms with Crippen LogP contribution < -0.4 is 10.5 Å². The molecule has 0 aliphatic heterocycles. The second-order valence-electron chi connectivity index (χ2n) is 4.00. The Morgan fingerprint density at radius 3 is 2.41 bits per heavy atom. The maximum Gasteiger partial charge on any atom is 0.142 e. The third-order valence-electron chi connectivity index (χ3n) is 2.72. The van der Waals surface area contributed by atoms with E-state index < -0.39 is 0 Å². The number of nitrogen functional groups attached to an aromatic ring is 1. The maximum atomic E-state index is 5.94. The largest absolute Gasteiger partial charge is 0.487 e. The summed E-state index contributed by atoms with van der Waals surface area (Å²) in [5.41, 5.74) is 9.02. The van der Waals surface area contributed by atoms with E-state index in [1.165, 1.54) is 5.56 Å². The fraction of sp³-hybridized carbons (Fsp3) is 0.200. The Bertz CT molecular complexity index is 480. The van der Waals surface area contributed by atoms with Gasteiger partial charge in [-0.2, -0.15) is 0 Å². The highest BCUT2D eigenvalue weighted by molar-refractivity contribution is 5.54. The Balaban J connectivity index is 2.04. The molecule has 0 atom stereocenters. The summed E-state index contributed by atoms with van der Waals surface area (Å²) < 4.78 is 5.70. The zero-order chi connectivity index (χ0) is 12.1. The lowest BCUT2D eigenvalue weighted by Gasteiger charge is -2.10. The Hall–Kier alpha value is -1.96. The summed E-state index contributed by atoms with van der Waals surface area (Å²) in [5.74, 6) is 0.756. The number of benzene rings is 2. The van der Waals surface area contributed by atoms with Gasteiger partial charge in [0.15, 0.2) is 0 Å². The summed E-state index contributed by atoms with van der Waals surface area (Å²) in [6.07, 6.45) is 0.989. The zero-order valence-corrected chi connectivity index (χ0v) is 10.0. The molecular formula is C15H17NO. The normalized spacial score (nSPS) is 10.2. The molecule has 0 saturated carbocycles. The van der Waals surface area contributed by atoms with Crippen LogP contribution in [0.3, 0.4) is 0 Å². The Kier molecular flexibility index (Phi) is 3.66. The van der Waals surface area contributed by atoms with Crippen LogP contribution >= 0.6 is 0 Å². The number of hydrogen-bond acceptors (Lipinski definition) is 2. The molecule has 0 heterocycles. The Morgan fingerprint density at radius 1 is 1.00 bits per heavy atom. The molecule has 2 rings (SSSR count). The van der Waals surface area contributed by atoms with Crippen LogP contribution in [-0.2, 0) is 13.0 Å². The topological polar surface area (TPSA) is 35.2 Å². The number of ether oxygens (including phenoxy) is 1. The molecule has 0 aromatic heterocycles. The van der Waals surface area contributed by atoms with Crippen molar-refractivity contribution in [1.82, 2.24) is 0 Å². The molecule has 2 aromatic rings. The molecule has 0 radical (unpaired) electrons. The SMILES string of the molecule is CCc1ccc(OCc2ccccc2)c(N)c1. The van der Waals surface area contributed by atoms with Gasteiger partial charge in [0.2, 0.25) is 0 Å². The van der Waals surface area contributed by atoms with Crippen LogP contribution in [0.1, 0.15) is 18.1 Å². The third-order valence-corrected chi connectivity index (χ3v) is 2.72. The van der Waals surface area contributed by atoms with Gasteiger partial charge in [-0.25, -0.2) is 0 Å². The number of nitrogens with two attached hydrogens (primary N) is 1. The highest BCUT2D eigenvalue weighted by Gasteiger charge is 2.01. The summed E-state index contributed by atoms with van der Waals surface area (Å²) in [7, 11) is 0. The molecule has 2 nitrogen and oxygen atoms in total. The molecule has 2 heteroatoms. The lowest BCUT2D eigenvalue weighted by molar-refractivity contribution is 0.308. The average molecular weight is 227 g/mol. The second kappa shape index (κ2) is 5.39. The van der Waals surface area contributed by atoms with Gasteiger partial charge in [0, 0.05) is 0 Å². The molecule has 17 heavy (non-hydrogen) atoms. The molecule has 0 aliphatic carbocycles. The molecule has 0 unspecified atom stereocenters. The number of rotatable bonds is 4. The van der Waals surface area contributed by atoms with Gasteiger partial charge in [0.1, 0.15) is 12.4 Å². The van der Waals surface area contributed by atoms with Crippen molar-refractivity contribution in [3.63, 3.8) is 0 Å². The van der Waals surface area contributed by atoms with Crippen LogP contribution in [0.5, 0.6) is 5.75 Å². The van der Waals surface area contributed by atoms with Gasteiger partial charge in [-0.3, -0.25) is 0 Å². The number of aryl methyl sites for hydroxylation is 1. The van der Waals surface area contributed by atoms with Crippen LogP contribution in [0.4, 0.5) is 5.69 Å². The monoisotopic (exact) mass is 227 g/mol. The fourth-order valence-corrected chi connectivity index (χ4v) is 1.68. The van der Waals surface area contributed by atoms with E-state index in [9.17, 15) is 0 Å². The fourth-order valence-electron chi connectivity index (χ4n) is 1.68. The van der Waals surface area contributed by atoms with Crippen LogP contribution in [0.25, 0.3) is 0 Å². The lowest BCUT2D eigenvalue weighted by atomic mass is 10.1. The van der Waals surface area contributed by atoms with E-state index in [1.807, 2.05) is 42.5 Å². The van der Waals surface area contributed by atoms with Crippen molar-refractivity contribution in [1.29, 1.82) is 0 Å². The highest BCUT2D eigenvalue weighted by Crippen LogP contribution is 2.23. The van der Waals surface area contributed by atoms with Gasteiger partial charge in [-0.1, -0.05) is 43.3 Å². The third kappa shape index (κ3) is 3.00. The number of anilines is 1. The molecule has 2 N–H and O–H groups in total. The van der Waals surface area contributed by atoms with Crippen molar-refractivity contribution in [2.24, 2.45) is 0 Å². The summed E-state index contributed by atoms with van der Waals surface area (Å²) in [6.45, 7) is 2.66. The van der Waals surface area contributed by atoms with Crippen molar-refractivity contribution in [3.8, 4) is 5.75 Å². The summed E-state index contributed by atoms with van der Waals surface area (Å²) >= 11 is 0. The average Bonchev–Trinajstić information content (AvgIpc) is 2.38. The minimum Gasteiger partial charge on any atom is -0.487 e. The standard InChI is InChI=1S/C15H17NO/c1-2-12-8-9-15(14(16)10-12)17-11-13-6-4-3-5-7-13/h3-10H,2,11,16H2,1H3. The summed E-state index contributed by atoms with van der Waals surface area (Å²) in [4.78, 5) is 0. The zero-order valence-electron chi connectivity index (χ0n) is 10.0. The molecule has 0 amide bonds. The van der Waals surface area contributed by atoms with E-state index in [-0.39, 0.29) is 0 Å². The smallest absolute Gasteiger partial charge is 0.142 e. The van der Waals surface area contributed by atoms with Gasteiger partial charge in [0.05, 0.1) is 5.69 Å². The molecular weight excluding hydrogens is 210 g/mol. The Labute approximate surface area is 102 Å². The van der Waals surface area contributed by atoms with E-state index in [2.05, 4.69) is 13.0 Å². The van der Waals surface area contributed by atoms with E-state index in [4.69, 9.17) is 10.5 Å². The van der Waals surface area contributed by atoms with E-state index >= 15 is 0 Å². The maximum absolute atomic E-state index is 5.94. The highest BCUT2D eigenvalue weighted by atomic mass is 16.5. The van der Waals surface area contributed by atoms with Gasteiger partial charge in [0.25, 0.3) is 0 Å². The van der Waals surface area contributed by atoms with Crippen LogP contribution in [0, 0.1) is 0 Å². The van der Waals surface area contributed by atoms with Gasteiger partial charge < -0.3 is 10.5 Å². The molecule has 0 spiro atoms. The van der Waals surface area contributed by atoms with Crippen molar-refractivity contribution in [3.05, 3.63) is 59.7 Å². The summed E-state index contributed by atoms with van der Waals surface area (Å²) in [5, 5.41) is 0. The number of hydrogen-bond donors (Lipinski definition) is 1. The van der Waals surface area contributed by atoms with Gasteiger partial charge in [-0.15, -0.1) is 0 Å². The first-order chi connectivity index (χ1) is 8.29. The molecule has 0 saturated heterocycles. The predicted molar refractivity (Wildman–Crippen MR) is 71.0 cm³/mol. The Morgan fingerprint density at radius 2 is 1.76 bits per heavy atom. The minimum atomic E-state index is 0.552. The van der Waals surface area contributed by atoms with Crippen molar-refractivity contribution < 1.29 is 4.74 Å². The van der Waals surface area contributed by atoms with Crippen molar-refractivity contribution in [2.45, 2.75) is 20.0 Å². The summed E-state index contributed by atoms with van der Waals surface area (Å²) in [6, 6.07) is 16.0. The predicted octanol–water partition coefficient (Wildman–Crippen LogP) is 3.41. The minimum absolute atomic E-state index is 0.552. The van der Waals surface area contributed by atoms with E-state index in [0.717, 1.165) is 17.7 Å². The van der Waals surface area contributed by atoms with Crippen molar-refractivity contribution in [2.75, 3.05) is 5.73 Å². The second-order valence-corrected chi connectivity index (χ2v) is 4.00. The quantitative estimate of drug-likeness (QED) is 0.812. The first-order valence-corrected chi connectivity index (χ1v) is 5.84. The molecule has 88 valence electrons. The molecule has 2 aromatic carbocycles. The van der Waals surface area contributed by atoms with Crippen LogP contribution in [0.2, 0.25) is 0 Å². The molecule has 0 bridgehead atoms. The first kappa shape index (κ1) is 11.5. The molecule has 0 aliphatic rings. The first-order valence-electron chi connectivity index (χ1n) is 5.84. The van der Waals surface area contributed by atoms with Gasteiger partial charge >= 0.3 is 0 Å². The van der Waals surface area contributed by atoms with Gasteiger partial charge in [-0.05, 0) is 29.7 Å². The van der Waals surface area contributed by atoms with E-state index in [0.29, 0.717) is 12.3 Å².